The molecule has 1 heterocycles. The average molecular weight is 362 g/mol. The van der Waals surface area contributed by atoms with Gasteiger partial charge in [0, 0.05) is 16.2 Å². The number of halogens is 1. The van der Waals surface area contributed by atoms with Crippen LogP contribution < -0.4 is 5.32 Å². The van der Waals surface area contributed by atoms with Crippen molar-refractivity contribution in [2.45, 2.75) is 46.1 Å². The molecule has 2 aromatic rings. The molecule has 2 atom stereocenters. The zero-order valence-electron chi connectivity index (χ0n) is 13.6. The van der Waals surface area contributed by atoms with Gasteiger partial charge in [-0.05, 0) is 56.2 Å². The average Bonchev–Trinajstić information content (AvgIpc) is 2.73. The highest BCUT2D eigenvalue weighted by atomic mass is 79.9. The van der Waals surface area contributed by atoms with E-state index in [2.05, 4.69) is 64.4 Å². The summed E-state index contributed by atoms with van der Waals surface area (Å²) >= 11 is 3.54. The topological polar surface area (TPSA) is 29.9 Å². The van der Waals surface area contributed by atoms with Gasteiger partial charge in [-0.2, -0.15) is 0 Å². The van der Waals surface area contributed by atoms with Crippen LogP contribution in [-0.4, -0.2) is 9.55 Å². The second-order valence-corrected chi connectivity index (χ2v) is 7.83. The molecule has 1 aliphatic carbocycles. The predicted octanol–water partition coefficient (Wildman–Crippen LogP) is 5.74. The number of nitrogens with zero attached hydrogens (tertiary/aromatic N) is 2. The highest BCUT2D eigenvalue weighted by Gasteiger charge is 2.28. The van der Waals surface area contributed by atoms with E-state index in [0.29, 0.717) is 6.04 Å². The first-order valence-corrected chi connectivity index (χ1v) is 8.83. The van der Waals surface area contributed by atoms with Gasteiger partial charge in [0.2, 0.25) is 5.95 Å². The molecule has 0 saturated heterocycles. The van der Waals surface area contributed by atoms with Gasteiger partial charge in [0.05, 0.1) is 11.0 Å². The molecule has 3 nitrogen and oxygen atoms in total. The van der Waals surface area contributed by atoms with Crippen LogP contribution in [0.25, 0.3) is 11.0 Å². The Morgan fingerprint density at radius 2 is 1.95 bits per heavy atom. The lowest BCUT2D eigenvalue weighted by Crippen LogP contribution is -2.23. The van der Waals surface area contributed by atoms with E-state index in [9.17, 15) is 0 Å². The zero-order valence-corrected chi connectivity index (χ0v) is 15.2. The molecule has 0 radical (unpaired) electrons. The van der Waals surface area contributed by atoms with E-state index < -0.39 is 0 Å². The van der Waals surface area contributed by atoms with Crippen LogP contribution in [0.3, 0.4) is 0 Å². The third-order valence-corrected chi connectivity index (χ3v) is 4.99. The summed E-state index contributed by atoms with van der Waals surface area (Å²) in [5.41, 5.74) is 3.16. The van der Waals surface area contributed by atoms with Crippen molar-refractivity contribution in [1.29, 1.82) is 0 Å². The molecule has 1 aliphatic rings. The highest BCUT2D eigenvalue weighted by molar-refractivity contribution is 9.10. The lowest BCUT2D eigenvalue weighted by Gasteiger charge is -2.33. The maximum Gasteiger partial charge on any atom is 0.208 e. The second-order valence-electron chi connectivity index (χ2n) is 6.92. The van der Waals surface area contributed by atoms with E-state index in [0.717, 1.165) is 33.5 Å². The number of hydrogen-bond acceptors (Lipinski definition) is 2. The van der Waals surface area contributed by atoms with Gasteiger partial charge in [-0.3, -0.25) is 0 Å². The summed E-state index contributed by atoms with van der Waals surface area (Å²) < 4.78 is 3.46. The summed E-state index contributed by atoms with van der Waals surface area (Å²) in [7, 11) is 0. The van der Waals surface area contributed by atoms with Crippen LogP contribution in [0.2, 0.25) is 0 Å². The first kappa shape index (κ1) is 15.6. The Balaban J connectivity index is 2.10. The molecule has 1 saturated carbocycles. The summed E-state index contributed by atoms with van der Waals surface area (Å²) in [6.45, 7) is 10.7. The van der Waals surface area contributed by atoms with Gasteiger partial charge >= 0.3 is 0 Å². The molecule has 0 spiro atoms. The van der Waals surface area contributed by atoms with Crippen molar-refractivity contribution in [3.63, 3.8) is 0 Å². The molecule has 22 heavy (non-hydrogen) atoms. The number of allylic oxidation sites excluding steroid dienone is 1. The first-order valence-electron chi connectivity index (χ1n) is 8.04. The SMILES string of the molecule is C=C(C)Nc1nc2cc(Br)ccc2n1C1CC(C)CC(C)C1. The lowest BCUT2D eigenvalue weighted by molar-refractivity contribution is 0.226. The minimum absolute atomic E-state index is 0.506. The Morgan fingerprint density at radius 1 is 1.27 bits per heavy atom. The van der Waals surface area contributed by atoms with Gasteiger partial charge in [0.1, 0.15) is 0 Å². The summed E-state index contributed by atoms with van der Waals surface area (Å²) in [5.74, 6) is 2.45. The van der Waals surface area contributed by atoms with Crippen molar-refractivity contribution in [3.8, 4) is 0 Å². The van der Waals surface area contributed by atoms with Crippen LogP contribution in [0.15, 0.2) is 34.9 Å². The minimum atomic E-state index is 0.506. The fourth-order valence-corrected chi connectivity index (χ4v) is 4.18. The lowest BCUT2D eigenvalue weighted by atomic mass is 9.80. The van der Waals surface area contributed by atoms with E-state index in [1.165, 1.54) is 24.8 Å². The first-order chi connectivity index (χ1) is 10.4. The largest absolute Gasteiger partial charge is 0.330 e. The molecule has 1 aromatic carbocycles. The fourth-order valence-electron chi connectivity index (χ4n) is 3.84. The maximum absolute atomic E-state index is 4.80. The quantitative estimate of drug-likeness (QED) is 0.754. The molecule has 0 aliphatic heterocycles. The van der Waals surface area contributed by atoms with Crippen molar-refractivity contribution in [1.82, 2.24) is 9.55 Å². The molecule has 118 valence electrons. The van der Waals surface area contributed by atoms with Crippen LogP contribution in [0.5, 0.6) is 0 Å². The van der Waals surface area contributed by atoms with Crippen LogP contribution >= 0.6 is 15.9 Å². The standard InChI is InChI=1S/C18H24BrN3/c1-11(2)20-18-21-16-10-14(19)5-6-17(16)22(18)15-8-12(3)7-13(4)9-15/h5-6,10,12-13,15H,1,7-9H2,2-4H3,(H,20,21). The molecule has 0 amide bonds. The molecular weight excluding hydrogens is 338 g/mol. The summed E-state index contributed by atoms with van der Waals surface area (Å²) in [5, 5.41) is 3.35. The van der Waals surface area contributed by atoms with Gasteiger partial charge < -0.3 is 9.88 Å². The Hall–Kier alpha value is -1.29. The minimum Gasteiger partial charge on any atom is -0.330 e. The number of fused-ring (bicyclic) bond motifs is 1. The number of aromatic nitrogens is 2. The molecule has 1 fully saturated rings. The second kappa shape index (κ2) is 6.07. The van der Waals surface area contributed by atoms with Crippen molar-refractivity contribution >= 4 is 32.9 Å². The normalized spacial score (nSPS) is 25.4. The van der Waals surface area contributed by atoms with Crippen LogP contribution in [-0.2, 0) is 0 Å². The van der Waals surface area contributed by atoms with Crippen LogP contribution in [0.1, 0.15) is 46.1 Å². The number of hydrogen-bond donors (Lipinski definition) is 1. The molecular formula is C18H24BrN3. The van der Waals surface area contributed by atoms with E-state index >= 15 is 0 Å². The molecule has 1 N–H and O–H groups in total. The Morgan fingerprint density at radius 3 is 2.59 bits per heavy atom. The number of anilines is 1. The summed E-state index contributed by atoms with van der Waals surface area (Å²) in [6.07, 6.45) is 3.77. The van der Waals surface area contributed by atoms with Gasteiger partial charge in [0.25, 0.3) is 0 Å². The van der Waals surface area contributed by atoms with Crippen LogP contribution in [0.4, 0.5) is 5.95 Å². The molecule has 3 rings (SSSR count). The van der Waals surface area contributed by atoms with Crippen molar-refractivity contribution in [2.75, 3.05) is 5.32 Å². The molecule has 0 bridgehead atoms. The number of benzene rings is 1. The predicted molar refractivity (Wildman–Crippen MR) is 97.1 cm³/mol. The van der Waals surface area contributed by atoms with Gasteiger partial charge in [-0.1, -0.05) is 36.4 Å². The molecule has 1 aromatic heterocycles. The summed E-state index contributed by atoms with van der Waals surface area (Å²) in [4.78, 5) is 4.80. The summed E-state index contributed by atoms with van der Waals surface area (Å²) in [6, 6.07) is 6.86. The van der Waals surface area contributed by atoms with Crippen molar-refractivity contribution in [2.24, 2.45) is 11.8 Å². The van der Waals surface area contributed by atoms with E-state index in [-0.39, 0.29) is 0 Å². The zero-order chi connectivity index (χ0) is 15.9. The van der Waals surface area contributed by atoms with E-state index in [1.54, 1.807) is 0 Å². The third-order valence-electron chi connectivity index (χ3n) is 4.50. The molecule has 4 heteroatoms. The smallest absolute Gasteiger partial charge is 0.208 e. The fraction of sp³-hybridized carbons (Fsp3) is 0.500. The number of imidazole rings is 1. The van der Waals surface area contributed by atoms with Gasteiger partial charge in [0.15, 0.2) is 0 Å². The maximum atomic E-state index is 4.80. The molecule has 2 unspecified atom stereocenters. The van der Waals surface area contributed by atoms with Gasteiger partial charge in [-0.15, -0.1) is 0 Å². The highest BCUT2D eigenvalue weighted by Crippen LogP contribution is 2.39. The van der Waals surface area contributed by atoms with Crippen molar-refractivity contribution < 1.29 is 0 Å². The van der Waals surface area contributed by atoms with Gasteiger partial charge in [-0.25, -0.2) is 4.98 Å². The Labute approximate surface area is 140 Å². The van der Waals surface area contributed by atoms with E-state index in [1.807, 2.05) is 6.92 Å². The number of rotatable bonds is 3. The third kappa shape index (κ3) is 3.07. The van der Waals surface area contributed by atoms with E-state index in [4.69, 9.17) is 4.98 Å². The van der Waals surface area contributed by atoms with Crippen molar-refractivity contribution in [3.05, 3.63) is 34.9 Å². The van der Waals surface area contributed by atoms with Crippen LogP contribution in [0, 0.1) is 11.8 Å². The Bertz CT molecular complexity index is 694. The Kier molecular flexibility index (Phi) is 4.31. The monoisotopic (exact) mass is 361 g/mol. The number of nitrogens with one attached hydrogen (secondary N) is 1.